The van der Waals surface area contributed by atoms with Crippen LogP contribution in [0.5, 0.6) is 5.75 Å². The van der Waals surface area contributed by atoms with E-state index < -0.39 is 9.84 Å². The quantitative estimate of drug-likeness (QED) is 0.750. The minimum Gasteiger partial charge on any atom is -0.482 e. The Kier molecular flexibility index (Phi) is 6.19. The summed E-state index contributed by atoms with van der Waals surface area (Å²) >= 11 is 6.11. The molecule has 1 fully saturated rings. The maximum Gasteiger partial charge on any atom is 0.262 e. The van der Waals surface area contributed by atoms with E-state index >= 15 is 0 Å². The molecule has 0 radical (unpaired) electrons. The van der Waals surface area contributed by atoms with Gasteiger partial charge in [-0.15, -0.1) is 0 Å². The van der Waals surface area contributed by atoms with Gasteiger partial charge in [-0.3, -0.25) is 9.59 Å². The SMILES string of the molecule is C[C@@H]1[C@H](C)CCC[C@H]1NC(=O)CCS(=O)(=O)c1cc2c(cc1Cl)NC(=O)CO2. The Balaban J connectivity index is 1.65. The zero-order valence-electron chi connectivity index (χ0n) is 16.0. The van der Waals surface area contributed by atoms with Crippen LogP contribution in [0.1, 0.15) is 39.5 Å². The zero-order valence-corrected chi connectivity index (χ0v) is 17.5. The predicted octanol–water partition coefficient (Wildman–Crippen LogP) is 2.78. The molecule has 0 unspecified atom stereocenters. The van der Waals surface area contributed by atoms with Crippen molar-refractivity contribution in [2.45, 2.75) is 50.5 Å². The molecule has 0 saturated heterocycles. The summed E-state index contributed by atoms with van der Waals surface area (Å²) in [7, 11) is -3.78. The summed E-state index contributed by atoms with van der Waals surface area (Å²) in [5.74, 6) is 0.209. The van der Waals surface area contributed by atoms with E-state index in [2.05, 4.69) is 24.5 Å². The molecule has 3 atom stereocenters. The maximum atomic E-state index is 12.7. The second kappa shape index (κ2) is 8.29. The van der Waals surface area contributed by atoms with Gasteiger partial charge < -0.3 is 15.4 Å². The first-order valence-corrected chi connectivity index (χ1v) is 11.5. The molecule has 1 aliphatic heterocycles. The molecule has 0 spiro atoms. The lowest BCUT2D eigenvalue weighted by Crippen LogP contribution is -2.44. The maximum absolute atomic E-state index is 12.7. The van der Waals surface area contributed by atoms with E-state index in [0.29, 0.717) is 17.5 Å². The highest BCUT2D eigenvalue weighted by Gasteiger charge is 2.29. The van der Waals surface area contributed by atoms with E-state index in [1.807, 2.05) is 0 Å². The number of halogens is 1. The van der Waals surface area contributed by atoms with Crippen LogP contribution in [0.3, 0.4) is 0 Å². The number of hydrogen-bond donors (Lipinski definition) is 2. The highest BCUT2D eigenvalue weighted by Crippen LogP contribution is 2.36. The van der Waals surface area contributed by atoms with Crippen molar-refractivity contribution >= 4 is 38.9 Å². The zero-order chi connectivity index (χ0) is 20.5. The Morgan fingerprint density at radius 3 is 2.82 bits per heavy atom. The van der Waals surface area contributed by atoms with Gasteiger partial charge in [0.05, 0.1) is 21.4 Å². The van der Waals surface area contributed by atoms with Crippen molar-refractivity contribution in [1.82, 2.24) is 5.32 Å². The van der Waals surface area contributed by atoms with Crippen LogP contribution >= 0.6 is 11.6 Å². The van der Waals surface area contributed by atoms with Crippen molar-refractivity contribution in [3.63, 3.8) is 0 Å². The molecule has 154 valence electrons. The number of amides is 2. The molecular weight excluding hydrogens is 404 g/mol. The summed E-state index contributed by atoms with van der Waals surface area (Å²) in [6.45, 7) is 4.11. The minimum atomic E-state index is -3.78. The largest absolute Gasteiger partial charge is 0.482 e. The monoisotopic (exact) mass is 428 g/mol. The van der Waals surface area contributed by atoms with Gasteiger partial charge >= 0.3 is 0 Å². The molecule has 2 aliphatic rings. The van der Waals surface area contributed by atoms with Gasteiger partial charge in [-0.25, -0.2) is 8.42 Å². The third-order valence-corrected chi connectivity index (χ3v) is 7.83. The lowest BCUT2D eigenvalue weighted by atomic mass is 9.78. The number of nitrogens with one attached hydrogen (secondary N) is 2. The molecule has 1 saturated carbocycles. The van der Waals surface area contributed by atoms with Gasteiger partial charge in [0.15, 0.2) is 16.4 Å². The van der Waals surface area contributed by atoms with Crippen molar-refractivity contribution in [3.8, 4) is 5.75 Å². The van der Waals surface area contributed by atoms with Gasteiger partial charge in [0, 0.05) is 18.5 Å². The summed E-state index contributed by atoms with van der Waals surface area (Å²) in [5.41, 5.74) is 0.332. The van der Waals surface area contributed by atoms with E-state index in [9.17, 15) is 18.0 Å². The van der Waals surface area contributed by atoms with Crippen LogP contribution in [0.4, 0.5) is 5.69 Å². The molecule has 1 aliphatic carbocycles. The van der Waals surface area contributed by atoms with Crippen LogP contribution in [-0.2, 0) is 19.4 Å². The molecule has 1 aromatic carbocycles. The number of carbonyl (C=O) groups excluding carboxylic acids is 2. The number of benzene rings is 1. The third kappa shape index (κ3) is 4.60. The summed E-state index contributed by atoms with van der Waals surface area (Å²) < 4.78 is 30.7. The molecule has 0 aromatic heterocycles. The molecule has 2 amide bonds. The molecule has 3 rings (SSSR count). The van der Waals surface area contributed by atoms with Crippen LogP contribution in [0, 0.1) is 11.8 Å². The Morgan fingerprint density at radius 2 is 2.07 bits per heavy atom. The van der Waals surface area contributed by atoms with Gasteiger partial charge in [-0.1, -0.05) is 38.3 Å². The fourth-order valence-electron chi connectivity index (χ4n) is 3.72. The van der Waals surface area contributed by atoms with E-state index in [0.717, 1.165) is 19.3 Å². The molecule has 9 heteroatoms. The topological polar surface area (TPSA) is 102 Å². The van der Waals surface area contributed by atoms with Gasteiger partial charge in [-0.2, -0.15) is 0 Å². The van der Waals surface area contributed by atoms with E-state index in [1.54, 1.807) is 0 Å². The third-order valence-electron chi connectivity index (χ3n) is 5.65. The molecule has 1 heterocycles. The summed E-state index contributed by atoms with van der Waals surface area (Å²) in [6.07, 6.45) is 3.01. The Morgan fingerprint density at radius 1 is 1.32 bits per heavy atom. The van der Waals surface area contributed by atoms with Crippen LogP contribution in [-0.4, -0.2) is 38.6 Å². The first kappa shape index (κ1) is 20.9. The molecular formula is C19H25ClN2O5S. The normalized spacial score (nSPS) is 24.7. The predicted molar refractivity (Wildman–Crippen MR) is 106 cm³/mol. The fraction of sp³-hybridized carbons (Fsp3) is 0.579. The van der Waals surface area contributed by atoms with Crippen molar-refractivity contribution in [3.05, 3.63) is 17.2 Å². The van der Waals surface area contributed by atoms with Gasteiger partial charge in [-0.05, 0) is 24.3 Å². The van der Waals surface area contributed by atoms with Gasteiger partial charge in [0.2, 0.25) is 5.91 Å². The molecule has 7 nitrogen and oxygen atoms in total. The minimum absolute atomic E-state index is 0.0142. The van der Waals surface area contributed by atoms with E-state index in [4.69, 9.17) is 16.3 Å². The number of fused-ring (bicyclic) bond motifs is 1. The number of hydrogen-bond acceptors (Lipinski definition) is 5. The van der Waals surface area contributed by atoms with Crippen LogP contribution in [0.25, 0.3) is 0 Å². The number of sulfone groups is 1. The summed E-state index contributed by atoms with van der Waals surface area (Å²) in [5, 5.41) is 5.55. The van der Waals surface area contributed by atoms with Crippen molar-refractivity contribution in [2.24, 2.45) is 11.8 Å². The highest BCUT2D eigenvalue weighted by atomic mass is 35.5. The van der Waals surface area contributed by atoms with Crippen LogP contribution in [0.2, 0.25) is 5.02 Å². The fourth-order valence-corrected chi connectivity index (χ4v) is 5.55. The first-order valence-electron chi connectivity index (χ1n) is 9.45. The number of ether oxygens (including phenoxy) is 1. The van der Waals surface area contributed by atoms with E-state index in [-0.39, 0.29) is 52.3 Å². The molecule has 0 bridgehead atoms. The smallest absolute Gasteiger partial charge is 0.262 e. The standard InChI is InChI=1S/C19H25ClN2O5S/c1-11-4-3-5-14(12(11)2)21-18(23)6-7-28(25,26)17-9-16-15(8-13(17)20)22-19(24)10-27-16/h8-9,11-12,14H,3-7,10H2,1-2H3,(H,21,23)(H,22,24)/t11-,12-,14-/m1/s1. The Hall–Kier alpha value is -1.80. The number of anilines is 1. The average Bonchev–Trinajstić information content (AvgIpc) is 2.63. The Labute approximate surface area is 170 Å². The van der Waals surface area contributed by atoms with Crippen molar-refractivity contribution < 1.29 is 22.7 Å². The van der Waals surface area contributed by atoms with E-state index in [1.165, 1.54) is 12.1 Å². The van der Waals surface area contributed by atoms with Crippen molar-refractivity contribution in [2.75, 3.05) is 17.7 Å². The second-order valence-electron chi connectivity index (χ2n) is 7.63. The number of carbonyl (C=O) groups is 2. The second-order valence-corrected chi connectivity index (χ2v) is 10.1. The molecule has 2 N–H and O–H groups in total. The Bertz CT molecular complexity index is 887. The lowest BCUT2D eigenvalue weighted by molar-refractivity contribution is -0.122. The summed E-state index contributed by atoms with van der Waals surface area (Å²) in [6, 6.07) is 2.74. The van der Waals surface area contributed by atoms with Gasteiger partial charge in [0.25, 0.3) is 5.91 Å². The molecule has 28 heavy (non-hydrogen) atoms. The van der Waals surface area contributed by atoms with Gasteiger partial charge in [0.1, 0.15) is 5.75 Å². The average molecular weight is 429 g/mol. The summed E-state index contributed by atoms with van der Waals surface area (Å²) in [4.78, 5) is 23.6. The first-order chi connectivity index (χ1) is 13.2. The van der Waals surface area contributed by atoms with Crippen LogP contribution in [0.15, 0.2) is 17.0 Å². The van der Waals surface area contributed by atoms with Crippen molar-refractivity contribution in [1.29, 1.82) is 0 Å². The van der Waals surface area contributed by atoms with Crippen LogP contribution < -0.4 is 15.4 Å². The highest BCUT2D eigenvalue weighted by molar-refractivity contribution is 7.91. The molecule has 1 aromatic rings. The lowest BCUT2D eigenvalue weighted by Gasteiger charge is -2.34. The number of rotatable bonds is 5.